The zero-order valence-electron chi connectivity index (χ0n) is 8.46. The minimum atomic E-state index is 1.07. The third-order valence-corrected chi connectivity index (χ3v) is 3.96. The van der Waals surface area contributed by atoms with E-state index in [2.05, 4.69) is 46.1 Å². The monoisotopic (exact) mass is 243 g/mol. The van der Waals surface area contributed by atoms with Crippen molar-refractivity contribution in [3.05, 3.63) is 52.7 Å². The van der Waals surface area contributed by atoms with Gasteiger partial charge in [-0.1, -0.05) is 30.3 Å². The van der Waals surface area contributed by atoms with E-state index in [1.807, 2.05) is 11.6 Å². The van der Waals surface area contributed by atoms with Crippen LogP contribution in [0, 0.1) is 0 Å². The Balaban J connectivity index is 2.14. The molecule has 0 fully saturated rings. The lowest BCUT2D eigenvalue weighted by Gasteiger charge is -2.00. The summed E-state index contributed by atoms with van der Waals surface area (Å²) in [6.07, 6.45) is 0. The van der Waals surface area contributed by atoms with Gasteiger partial charge in [0.1, 0.15) is 0 Å². The van der Waals surface area contributed by atoms with Crippen molar-refractivity contribution in [1.82, 2.24) is 4.98 Å². The fourth-order valence-electron chi connectivity index (χ4n) is 1.67. The number of aromatic nitrogens is 1. The Labute approximate surface area is 102 Å². The molecule has 0 aliphatic carbocycles. The third-order valence-electron chi connectivity index (χ3n) is 2.41. The molecule has 78 valence electrons. The fraction of sp³-hybridized carbons (Fsp3) is 0. The SMILES string of the molecule is c1ccc(-c2sccc2-c2cscn2)cc1. The first-order chi connectivity index (χ1) is 7.95. The smallest absolute Gasteiger partial charge is 0.0825 e. The van der Waals surface area contributed by atoms with Gasteiger partial charge in [-0.3, -0.25) is 0 Å². The van der Waals surface area contributed by atoms with E-state index in [1.165, 1.54) is 16.0 Å². The Hall–Kier alpha value is -1.45. The van der Waals surface area contributed by atoms with E-state index in [9.17, 15) is 0 Å². The van der Waals surface area contributed by atoms with Gasteiger partial charge in [-0.05, 0) is 17.0 Å². The quantitative estimate of drug-likeness (QED) is 0.644. The molecule has 0 aliphatic rings. The van der Waals surface area contributed by atoms with Gasteiger partial charge in [-0.15, -0.1) is 22.7 Å². The van der Waals surface area contributed by atoms with Crippen molar-refractivity contribution < 1.29 is 0 Å². The second-order valence-corrected chi connectivity index (χ2v) is 5.04. The molecule has 0 radical (unpaired) electrons. The van der Waals surface area contributed by atoms with E-state index < -0.39 is 0 Å². The first-order valence-corrected chi connectivity index (χ1v) is 6.79. The molecule has 0 spiro atoms. The molecule has 16 heavy (non-hydrogen) atoms. The normalized spacial score (nSPS) is 10.5. The highest BCUT2D eigenvalue weighted by Gasteiger charge is 2.09. The minimum absolute atomic E-state index is 1.07. The Kier molecular flexibility index (Phi) is 2.56. The Morgan fingerprint density at radius 2 is 1.88 bits per heavy atom. The zero-order valence-corrected chi connectivity index (χ0v) is 10.1. The second kappa shape index (κ2) is 4.20. The topological polar surface area (TPSA) is 12.9 Å². The molecule has 0 unspecified atom stereocenters. The molecule has 0 N–H and O–H groups in total. The van der Waals surface area contributed by atoms with Gasteiger partial charge in [0.25, 0.3) is 0 Å². The molecule has 0 bridgehead atoms. The summed E-state index contributed by atoms with van der Waals surface area (Å²) in [5.41, 5.74) is 5.45. The van der Waals surface area contributed by atoms with Crippen LogP contribution in [0.3, 0.4) is 0 Å². The molecule has 0 aliphatic heterocycles. The van der Waals surface area contributed by atoms with Gasteiger partial charge >= 0.3 is 0 Å². The van der Waals surface area contributed by atoms with Crippen molar-refractivity contribution in [3.8, 4) is 21.7 Å². The first-order valence-electron chi connectivity index (χ1n) is 4.96. The van der Waals surface area contributed by atoms with Gasteiger partial charge in [0.2, 0.25) is 0 Å². The van der Waals surface area contributed by atoms with Crippen LogP contribution in [-0.2, 0) is 0 Å². The molecule has 0 saturated carbocycles. The number of thiophene rings is 1. The number of benzene rings is 1. The molecule has 1 nitrogen and oxygen atoms in total. The van der Waals surface area contributed by atoms with Crippen LogP contribution < -0.4 is 0 Å². The number of hydrogen-bond acceptors (Lipinski definition) is 3. The van der Waals surface area contributed by atoms with E-state index in [1.54, 1.807) is 22.7 Å². The zero-order chi connectivity index (χ0) is 10.8. The summed E-state index contributed by atoms with van der Waals surface area (Å²) < 4.78 is 0. The van der Waals surface area contributed by atoms with Gasteiger partial charge < -0.3 is 0 Å². The molecule has 2 aromatic heterocycles. The van der Waals surface area contributed by atoms with Gasteiger partial charge in [0.15, 0.2) is 0 Å². The highest BCUT2D eigenvalue weighted by atomic mass is 32.1. The first kappa shape index (κ1) is 9.75. The Morgan fingerprint density at radius 3 is 2.62 bits per heavy atom. The summed E-state index contributed by atoms with van der Waals surface area (Å²) in [4.78, 5) is 5.67. The van der Waals surface area contributed by atoms with E-state index in [-0.39, 0.29) is 0 Å². The maximum atomic E-state index is 4.37. The van der Waals surface area contributed by atoms with Gasteiger partial charge in [-0.25, -0.2) is 4.98 Å². The summed E-state index contributed by atoms with van der Waals surface area (Å²) in [6, 6.07) is 12.6. The largest absolute Gasteiger partial charge is 0.245 e. The molecule has 3 aromatic rings. The van der Waals surface area contributed by atoms with Crippen molar-refractivity contribution in [3.63, 3.8) is 0 Å². The molecule has 0 amide bonds. The third kappa shape index (κ3) is 1.68. The van der Waals surface area contributed by atoms with Crippen LogP contribution >= 0.6 is 22.7 Å². The van der Waals surface area contributed by atoms with E-state index in [0.717, 1.165) is 5.69 Å². The van der Waals surface area contributed by atoms with E-state index in [4.69, 9.17) is 0 Å². The lowest BCUT2D eigenvalue weighted by atomic mass is 10.1. The number of thiazole rings is 1. The number of nitrogens with zero attached hydrogens (tertiary/aromatic N) is 1. The summed E-state index contributed by atoms with van der Waals surface area (Å²) in [7, 11) is 0. The van der Waals surface area contributed by atoms with Crippen LogP contribution in [0.15, 0.2) is 52.7 Å². The summed E-state index contributed by atoms with van der Waals surface area (Å²) in [6.45, 7) is 0. The predicted octanol–water partition coefficient (Wildman–Crippen LogP) is 4.54. The lowest BCUT2D eigenvalue weighted by molar-refractivity contribution is 1.42. The van der Waals surface area contributed by atoms with Crippen LogP contribution in [0.25, 0.3) is 21.7 Å². The maximum Gasteiger partial charge on any atom is 0.0825 e. The van der Waals surface area contributed by atoms with Crippen LogP contribution in [0.1, 0.15) is 0 Å². The summed E-state index contributed by atoms with van der Waals surface area (Å²) in [5, 5.41) is 4.21. The van der Waals surface area contributed by atoms with Crippen molar-refractivity contribution in [1.29, 1.82) is 0 Å². The minimum Gasteiger partial charge on any atom is -0.245 e. The van der Waals surface area contributed by atoms with Crippen LogP contribution in [-0.4, -0.2) is 4.98 Å². The lowest BCUT2D eigenvalue weighted by Crippen LogP contribution is -1.77. The van der Waals surface area contributed by atoms with Crippen molar-refractivity contribution >= 4 is 22.7 Å². The predicted molar refractivity (Wildman–Crippen MR) is 70.9 cm³/mol. The van der Waals surface area contributed by atoms with Crippen molar-refractivity contribution in [2.75, 3.05) is 0 Å². The molecule has 0 saturated heterocycles. The molecule has 3 heteroatoms. The Morgan fingerprint density at radius 1 is 1.00 bits per heavy atom. The molecule has 2 heterocycles. The molecular formula is C13H9NS2. The highest BCUT2D eigenvalue weighted by Crippen LogP contribution is 2.36. The van der Waals surface area contributed by atoms with Gasteiger partial charge in [-0.2, -0.15) is 0 Å². The van der Waals surface area contributed by atoms with Gasteiger partial charge in [0.05, 0.1) is 11.2 Å². The molecular weight excluding hydrogens is 234 g/mol. The second-order valence-electron chi connectivity index (χ2n) is 3.40. The molecule has 3 rings (SSSR count). The number of hydrogen-bond donors (Lipinski definition) is 0. The van der Waals surface area contributed by atoms with Gasteiger partial charge in [0, 0.05) is 15.8 Å². The summed E-state index contributed by atoms with van der Waals surface area (Å²) in [5.74, 6) is 0. The molecule has 1 aromatic carbocycles. The van der Waals surface area contributed by atoms with Crippen LogP contribution in [0.2, 0.25) is 0 Å². The average Bonchev–Trinajstić information content (AvgIpc) is 3.01. The molecule has 0 atom stereocenters. The van der Waals surface area contributed by atoms with Crippen LogP contribution in [0.4, 0.5) is 0 Å². The highest BCUT2D eigenvalue weighted by molar-refractivity contribution is 7.14. The van der Waals surface area contributed by atoms with E-state index >= 15 is 0 Å². The summed E-state index contributed by atoms with van der Waals surface area (Å²) >= 11 is 3.40. The maximum absolute atomic E-state index is 4.37. The van der Waals surface area contributed by atoms with Crippen LogP contribution in [0.5, 0.6) is 0 Å². The average molecular weight is 243 g/mol. The van der Waals surface area contributed by atoms with Crippen molar-refractivity contribution in [2.24, 2.45) is 0 Å². The standard InChI is InChI=1S/C13H9NS2/c1-2-4-10(5-3-1)13-11(6-7-16-13)12-8-15-9-14-12/h1-9H. The fourth-order valence-corrected chi connectivity index (χ4v) is 3.13. The van der Waals surface area contributed by atoms with Crippen molar-refractivity contribution in [2.45, 2.75) is 0 Å². The number of rotatable bonds is 2. The van der Waals surface area contributed by atoms with E-state index in [0.29, 0.717) is 0 Å². The Bertz CT molecular complexity index is 567.